The van der Waals surface area contributed by atoms with E-state index in [2.05, 4.69) is 56.1 Å². The fourth-order valence-electron chi connectivity index (χ4n) is 2.67. The number of nitrogens with one attached hydrogen (secondary N) is 1. The molecule has 4 heteroatoms. The number of halogens is 1. The number of aromatic nitrogens is 2. The summed E-state index contributed by atoms with van der Waals surface area (Å²) in [4.78, 5) is 4.31. The molecule has 90 valence electrons. The highest BCUT2D eigenvalue weighted by atomic mass is 79.9. The zero-order chi connectivity index (χ0) is 11.8. The van der Waals surface area contributed by atoms with Crippen LogP contribution in [-0.4, -0.2) is 22.1 Å². The molecule has 0 aliphatic carbocycles. The van der Waals surface area contributed by atoms with Gasteiger partial charge in [0, 0.05) is 24.2 Å². The maximum absolute atomic E-state index is 4.31. The Kier molecular flexibility index (Phi) is 2.92. The molecule has 2 atom stereocenters. The van der Waals surface area contributed by atoms with E-state index in [4.69, 9.17) is 0 Å². The van der Waals surface area contributed by atoms with E-state index in [0.29, 0.717) is 6.04 Å². The van der Waals surface area contributed by atoms with Gasteiger partial charge < -0.3 is 9.88 Å². The van der Waals surface area contributed by atoms with Crippen molar-refractivity contribution in [2.75, 3.05) is 6.54 Å². The quantitative estimate of drug-likeness (QED) is 0.863. The summed E-state index contributed by atoms with van der Waals surface area (Å²) >= 11 is 3.41. The highest BCUT2D eigenvalue weighted by Crippen LogP contribution is 2.22. The number of hydrogen-bond donors (Lipinski definition) is 1. The first-order chi connectivity index (χ1) is 8.22. The molecule has 1 aliphatic heterocycles. The number of fused-ring (bicyclic) bond motifs is 1. The zero-order valence-corrected chi connectivity index (χ0v) is 11.4. The van der Waals surface area contributed by atoms with Crippen molar-refractivity contribution in [2.45, 2.75) is 25.9 Å². The molecule has 0 spiro atoms. The minimum absolute atomic E-state index is 0.661. The van der Waals surface area contributed by atoms with Crippen LogP contribution in [0, 0.1) is 5.92 Å². The van der Waals surface area contributed by atoms with E-state index in [1.165, 1.54) is 17.3 Å². The minimum Gasteiger partial charge on any atom is -0.346 e. The van der Waals surface area contributed by atoms with E-state index in [0.717, 1.165) is 23.6 Å². The van der Waals surface area contributed by atoms with Crippen LogP contribution in [0.15, 0.2) is 29.1 Å². The van der Waals surface area contributed by atoms with Crippen molar-refractivity contribution in [3.8, 4) is 0 Å². The van der Waals surface area contributed by atoms with Gasteiger partial charge in [0.15, 0.2) is 0 Å². The summed E-state index contributed by atoms with van der Waals surface area (Å²) < 4.78 is 3.22. The summed E-state index contributed by atoms with van der Waals surface area (Å²) in [5.41, 5.74) is 1.23. The van der Waals surface area contributed by atoms with E-state index in [1.54, 1.807) is 0 Å². The lowest BCUT2D eigenvalue weighted by atomic mass is 10.1. The van der Waals surface area contributed by atoms with Crippen molar-refractivity contribution in [2.24, 2.45) is 5.92 Å². The molecule has 17 heavy (non-hydrogen) atoms. The van der Waals surface area contributed by atoms with Crippen molar-refractivity contribution in [3.63, 3.8) is 0 Å². The highest BCUT2D eigenvalue weighted by molar-refractivity contribution is 9.10. The summed E-state index contributed by atoms with van der Waals surface area (Å²) in [6.45, 7) is 4.47. The second-order valence-corrected chi connectivity index (χ2v) is 5.76. The second-order valence-electron chi connectivity index (χ2n) is 4.94. The van der Waals surface area contributed by atoms with E-state index in [-0.39, 0.29) is 0 Å². The van der Waals surface area contributed by atoms with Crippen molar-refractivity contribution >= 4 is 26.8 Å². The highest BCUT2D eigenvalue weighted by Gasteiger charge is 2.21. The molecule has 2 aromatic heterocycles. The molecule has 3 rings (SSSR count). The Balaban J connectivity index is 1.85. The van der Waals surface area contributed by atoms with Crippen molar-refractivity contribution in [1.29, 1.82) is 0 Å². The molecule has 1 saturated heterocycles. The Labute approximate surface area is 109 Å². The molecule has 0 radical (unpaired) electrons. The van der Waals surface area contributed by atoms with Crippen LogP contribution < -0.4 is 5.32 Å². The molecule has 1 aliphatic rings. The third-order valence-corrected chi connectivity index (χ3v) is 3.95. The van der Waals surface area contributed by atoms with Crippen LogP contribution in [0.4, 0.5) is 0 Å². The second kappa shape index (κ2) is 4.42. The predicted octanol–water partition coefficient (Wildman–Crippen LogP) is 2.80. The Bertz CT molecular complexity index is 534. The molecule has 1 N–H and O–H groups in total. The molecule has 1 fully saturated rings. The number of rotatable bonds is 2. The van der Waals surface area contributed by atoms with Crippen LogP contribution in [0.3, 0.4) is 0 Å². The fourth-order valence-corrected chi connectivity index (χ4v) is 3.02. The van der Waals surface area contributed by atoms with Gasteiger partial charge in [-0.25, -0.2) is 4.98 Å². The van der Waals surface area contributed by atoms with E-state index < -0.39 is 0 Å². The van der Waals surface area contributed by atoms with Gasteiger partial charge in [-0.15, -0.1) is 0 Å². The molecule has 2 aromatic rings. The largest absolute Gasteiger partial charge is 0.346 e. The summed E-state index contributed by atoms with van der Waals surface area (Å²) in [7, 11) is 0. The van der Waals surface area contributed by atoms with Gasteiger partial charge in [-0.05, 0) is 53.9 Å². The van der Waals surface area contributed by atoms with Gasteiger partial charge in [0.2, 0.25) is 0 Å². The Morgan fingerprint density at radius 1 is 1.59 bits per heavy atom. The smallest absolute Gasteiger partial charge is 0.106 e. The number of pyridine rings is 1. The molecule has 1 unspecified atom stereocenters. The van der Waals surface area contributed by atoms with E-state index >= 15 is 0 Å². The average molecular weight is 294 g/mol. The lowest BCUT2D eigenvalue weighted by Gasteiger charge is -2.11. The standard InChI is InChI=1S/C13H16BrN3/c1-9-4-10(6-15-9)8-17-3-2-11-5-13(14)16-7-12(11)17/h2-3,5,7,9-10,15H,4,6,8H2,1H3/t9-,10?/m1/s1. The summed E-state index contributed by atoms with van der Waals surface area (Å²) in [5, 5.41) is 4.76. The lowest BCUT2D eigenvalue weighted by Crippen LogP contribution is -2.17. The van der Waals surface area contributed by atoms with E-state index in [1.807, 2.05) is 6.20 Å². The molecule has 3 heterocycles. The van der Waals surface area contributed by atoms with Crippen LogP contribution in [0.5, 0.6) is 0 Å². The zero-order valence-electron chi connectivity index (χ0n) is 9.86. The lowest BCUT2D eigenvalue weighted by molar-refractivity contribution is 0.483. The molecule has 0 amide bonds. The Morgan fingerprint density at radius 3 is 3.24 bits per heavy atom. The van der Waals surface area contributed by atoms with Crippen molar-refractivity contribution in [1.82, 2.24) is 14.9 Å². The predicted molar refractivity (Wildman–Crippen MR) is 73.0 cm³/mol. The molecule has 3 nitrogen and oxygen atoms in total. The van der Waals surface area contributed by atoms with Gasteiger partial charge in [0.25, 0.3) is 0 Å². The van der Waals surface area contributed by atoms with Crippen molar-refractivity contribution < 1.29 is 0 Å². The van der Waals surface area contributed by atoms with Gasteiger partial charge in [0.05, 0.1) is 11.7 Å². The fraction of sp³-hybridized carbons (Fsp3) is 0.462. The number of hydrogen-bond acceptors (Lipinski definition) is 2. The monoisotopic (exact) mass is 293 g/mol. The molecular weight excluding hydrogens is 278 g/mol. The first kappa shape index (κ1) is 11.2. The first-order valence-corrected chi connectivity index (χ1v) is 6.85. The summed E-state index contributed by atoms with van der Waals surface area (Å²) in [6.07, 6.45) is 5.39. The maximum Gasteiger partial charge on any atom is 0.106 e. The maximum atomic E-state index is 4.31. The van der Waals surface area contributed by atoms with Crippen LogP contribution in [0.25, 0.3) is 10.9 Å². The topological polar surface area (TPSA) is 29.9 Å². The first-order valence-electron chi connectivity index (χ1n) is 6.06. The summed E-state index contributed by atoms with van der Waals surface area (Å²) in [6, 6.07) is 4.89. The minimum atomic E-state index is 0.661. The van der Waals surface area contributed by atoms with Crippen molar-refractivity contribution in [3.05, 3.63) is 29.1 Å². The van der Waals surface area contributed by atoms with Gasteiger partial charge in [-0.1, -0.05) is 0 Å². The van der Waals surface area contributed by atoms with E-state index in [9.17, 15) is 0 Å². The summed E-state index contributed by atoms with van der Waals surface area (Å²) in [5.74, 6) is 0.740. The van der Waals surface area contributed by atoms with Gasteiger partial charge >= 0.3 is 0 Å². The Hall–Kier alpha value is -0.870. The molecule has 0 aromatic carbocycles. The third kappa shape index (κ3) is 2.24. The Morgan fingerprint density at radius 2 is 2.47 bits per heavy atom. The number of nitrogens with zero attached hydrogens (tertiary/aromatic N) is 2. The molecule has 0 bridgehead atoms. The third-order valence-electron chi connectivity index (χ3n) is 3.52. The van der Waals surface area contributed by atoms with Crippen LogP contribution in [0.1, 0.15) is 13.3 Å². The van der Waals surface area contributed by atoms with Gasteiger partial charge in [-0.3, -0.25) is 0 Å². The van der Waals surface area contributed by atoms with Crippen LogP contribution >= 0.6 is 15.9 Å². The average Bonchev–Trinajstić information content (AvgIpc) is 2.86. The van der Waals surface area contributed by atoms with Gasteiger partial charge in [-0.2, -0.15) is 0 Å². The van der Waals surface area contributed by atoms with Gasteiger partial charge in [0.1, 0.15) is 4.60 Å². The van der Waals surface area contributed by atoms with Crippen LogP contribution in [0.2, 0.25) is 0 Å². The SMILES string of the molecule is C[C@@H]1CC(Cn2ccc3cc(Br)ncc32)CN1. The molecular formula is C13H16BrN3. The molecule has 0 saturated carbocycles. The normalized spacial score (nSPS) is 24.6. The van der Waals surface area contributed by atoms with Crippen LogP contribution in [-0.2, 0) is 6.54 Å².